The van der Waals surface area contributed by atoms with Gasteiger partial charge < -0.3 is 10.1 Å². The van der Waals surface area contributed by atoms with Crippen LogP contribution in [0.15, 0.2) is 12.3 Å². The van der Waals surface area contributed by atoms with Gasteiger partial charge in [-0.25, -0.2) is 17.9 Å². The minimum atomic E-state index is -3.09. The Bertz CT molecular complexity index is 992. The van der Waals surface area contributed by atoms with Crippen molar-refractivity contribution in [1.82, 2.24) is 20.0 Å². The Morgan fingerprint density at radius 2 is 2.18 bits per heavy atom. The minimum Gasteiger partial charge on any atom is -0.452 e. The first kappa shape index (κ1) is 20.1. The van der Waals surface area contributed by atoms with Crippen LogP contribution in [-0.2, 0) is 19.4 Å². The number of amides is 1. The van der Waals surface area contributed by atoms with Crippen molar-refractivity contribution in [2.45, 2.75) is 39.2 Å². The second-order valence-corrected chi connectivity index (χ2v) is 9.38. The van der Waals surface area contributed by atoms with Crippen LogP contribution in [0.25, 0.3) is 0 Å². The number of sulfone groups is 1. The largest absolute Gasteiger partial charge is 0.452 e. The molecule has 1 unspecified atom stereocenters. The van der Waals surface area contributed by atoms with Crippen molar-refractivity contribution in [1.29, 1.82) is 0 Å². The Kier molecular flexibility index (Phi) is 5.54. The van der Waals surface area contributed by atoms with E-state index in [2.05, 4.69) is 20.6 Å². The zero-order valence-electron chi connectivity index (χ0n) is 15.9. The second kappa shape index (κ2) is 7.74. The lowest BCUT2D eigenvalue weighted by Gasteiger charge is -2.14. The molecule has 0 aromatic carbocycles. The van der Waals surface area contributed by atoms with Gasteiger partial charge in [0.05, 0.1) is 35.1 Å². The van der Waals surface area contributed by atoms with Crippen LogP contribution in [0.1, 0.15) is 54.0 Å². The molecule has 28 heavy (non-hydrogen) atoms. The molecule has 10 nitrogen and oxygen atoms in total. The molecule has 2 aromatic heterocycles. The molecule has 0 aliphatic carbocycles. The summed E-state index contributed by atoms with van der Waals surface area (Å²) in [5, 5.41) is 13.5. The first-order valence-corrected chi connectivity index (χ1v) is 10.7. The molecule has 152 valence electrons. The standard InChI is InChI=1S/C17H23N5O5S/c1-10(2)16-13(7-18-20-16)17(24)27-8-15(23)19-14-6-11(3)21-22(14)12-4-5-28(25,26)9-12/h6-7,10,12H,4-5,8-9H2,1-3H3,(H,18,20)(H,19,23). The summed E-state index contributed by atoms with van der Waals surface area (Å²) < 4.78 is 30.1. The number of ether oxygens (including phenoxy) is 1. The summed E-state index contributed by atoms with van der Waals surface area (Å²) in [7, 11) is -3.09. The first-order chi connectivity index (χ1) is 13.2. The summed E-state index contributed by atoms with van der Waals surface area (Å²) in [5.74, 6) is -0.649. The summed E-state index contributed by atoms with van der Waals surface area (Å²) in [5.41, 5.74) is 1.58. The molecule has 2 N–H and O–H groups in total. The number of nitrogens with zero attached hydrogens (tertiary/aromatic N) is 3. The molecular weight excluding hydrogens is 386 g/mol. The fourth-order valence-corrected chi connectivity index (χ4v) is 4.84. The second-order valence-electron chi connectivity index (χ2n) is 7.15. The van der Waals surface area contributed by atoms with E-state index in [4.69, 9.17) is 4.74 Å². The highest BCUT2D eigenvalue weighted by Crippen LogP contribution is 2.27. The van der Waals surface area contributed by atoms with Gasteiger partial charge in [0, 0.05) is 6.07 Å². The molecule has 11 heteroatoms. The van der Waals surface area contributed by atoms with E-state index in [0.717, 1.165) is 0 Å². The van der Waals surface area contributed by atoms with Gasteiger partial charge in [-0.05, 0) is 19.3 Å². The number of anilines is 1. The first-order valence-electron chi connectivity index (χ1n) is 8.93. The molecule has 2 aromatic rings. The average Bonchev–Trinajstić information content (AvgIpc) is 3.31. The summed E-state index contributed by atoms with van der Waals surface area (Å²) in [6.45, 7) is 5.09. The Morgan fingerprint density at radius 3 is 2.82 bits per heavy atom. The van der Waals surface area contributed by atoms with Gasteiger partial charge in [-0.3, -0.25) is 9.89 Å². The van der Waals surface area contributed by atoms with Gasteiger partial charge >= 0.3 is 5.97 Å². The molecule has 1 aliphatic rings. The number of aromatic nitrogens is 4. The van der Waals surface area contributed by atoms with E-state index in [1.165, 1.54) is 10.9 Å². The molecule has 1 atom stereocenters. The molecule has 0 saturated carbocycles. The van der Waals surface area contributed by atoms with Crippen LogP contribution in [-0.4, -0.2) is 58.4 Å². The Hall–Kier alpha value is -2.69. The molecule has 3 rings (SSSR count). The zero-order valence-corrected chi connectivity index (χ0v) is 16.7. The van der Waals surface area contributed by atoms with Crippen LogP contribution < -0.4 is 5.32 Å². The molecule has 1 saturated heterocycles. The number of rotatable bonds is 6. The Morgan fingerprint density at radius 1 is 1.43 bits per heavy atom. The van der Waals surface area contributed by atoms with E-state index in [1.54, 1.807) is 13.0 Å². The van der Waals surface area contributed by atoms with Gasteiger partial charge in [0.15, 0.2) is 16.4 Å². The maximum absolute atomic E-state index is 12.2. The van der Waals surface area contributed by atoms with Crippen molar-refractivity contribution >= 4 is 27.5 Å². The number of aryl methyl sites for hydroxylation is 1. The fourth-order valence-electron chi connectivity index (χ4n) is 3.14. The maximum Gasteiger partial charge on any atom is 0.342 e. The van der Waals surface area contributed by atoms with Crippen LogP contribution in [0.4, 0.5) is 5.82 Å². The van der Waals surface area contributed by atoms with Crippen LogP contribution in [0.2, 0.25) is 0 Å². The highest BCUT2D eigenvalue weighted by Gasteiger charge is 2.31. The number of esters is 1. The van der Waals surface area contributed by atoms with Crippen molar-refractivity contribution in [3.8, 4) is 0 Å². The van der Waals surface area contributed by atoms with Gasteiger partial charge in [-0.1, -0.05) is 13.8 Å². The lowest BCUT2D eigenvalue weighted by Crippen LogP contribution is -2.24. The van der Waals surface area contributed by atoms with Crippen LogP contribution >= 0.6 is 0 Å². The third kappa shape index (κ3) is 4.41. The average molecular weight is 409 g/mol. The van der Waals surface area contributed by atoms with Gasteiger partial charge in [-0.2, -0.15) is 10.2 Å². The Balaban J connectivity index is 1.63. The van der Waals surface area contributed by atoms with Crippen molar-refractivity contribution in [3.63, 3.8) is 0 Å². The van der Waals surface area contributed by atoms with Crippen molar-refractivity contribution in [2.24, 2.45) is 0 Å². The number of carbonyl (C=O) groups excluding carboxylic acids is 2. The predicted octanol–water partition coefficient (Wildman–Crippen LogP) is 1.19. The van der Waals surface area contributed by atoms with Gasteiger partial charge in [0.25, 0.3) is 5.91 Å². The number of carbonyl (C=O) groups is 2. The molecule has 1 fully saturated rings. The van der Waals surface area contributed by atoms with Crippen LogP contribution in [0.3, 0.4) is 0 Å². The molecule has 0 spiro atoms. The van der Waals surface area contributed by atoms with Gasteiger partial charge in [0.2, 0.25) is 0 Å². The van der Waals surface area contributed by atoms with Crippen molar-refractivity contribution in [3.05, 3.63) is 29.2 Å². The zero-order chi connectivity index (χ0) is 20.5. The highest BCUT2D eigenvalue weighted by atomic mass is 32.2. The lowest BCUT2D eigenvalue weighted by molar-refractivity contribution is -0.119. The Labute approximate surface area is 162 Å². The molecule has 0 radical (unpaired) electrons. The number of hydrogen-bond acceptors (Lipinski definition) is 7. The van der Waals surface area contributed by atoms with Crippen LogP contribution in [0.5, 0.6) is 0 Å². The fraction of sp³-hybridized carbons (Fsp3) is 0.529. The lowest BCUT2D eigenvalue weighted by atomic mass is 10.1. The maximum atomic E-state index is 12.2. The molecule has 3 heterocycles. The normalized spacial score (nSPS) is 18.4. The third-order valence-corrected chi connectivity index (χ3v) is 6.23. The quantitative estimate of drug-likeness (QED) is 0.684. The smallest absolute Gasteiger partial charge is 0.342 e. The van der Waals surface area contributed by atoms with E-state index in [-0.39, 0.29) is 23.5 Å². The summed E-state index contributed by atoms with van der Waals surface area (Å²) in [4.78, 5) is 24.4. The van der Waals surface area contributed by atoms with Gasteiger partial charge in [-0.15, -0.1) is 0 Å². The van der Waals surface area contributed by atoms with E-state index < -0.39 is 28.3 Å². The summed E-state index contributed by atoms with van der Waals surface area (Å²) >= 11 is 0. The number of aromatic amines is 1. The summed E-state index contributed by atoms with van der Waals surface area (Å²) in [6.07, 6.45) is 1.81. The van der Waals surface area contributed by atoms with Gasteiger partial charge in [0.1, 0.15) is 11.4 Å². The monoisotopic (exact) mass is 409 g/mol. The number of hydrogen-bond donors (Lipinski definition) is 2. The van der Waals surface area contributed by atoms with Crippen molar-refractivity contribution < 1.29 is 22.7 Å². The molecule has 1 amide bonds. The van der Waals surface area contributed by atoms with Crippen molar-refractivity contribution in [2.75, 3.05) is 23.4 Å². The topological polar surface area (TPSA) is 136 Å². The summed E-state index contributed by atoms with van der Waals surface area (Å²) in [6, 6.07) is 1.33. The highest BCUT2D eigenvalue weighted by molar-refractivity contribution is 7.91. The van der Waals surface area contributed by atoms with E-state index >= 15 is 0 Å². The van der Waals surface area contributed by atoms with E-state index in [0.29, 0.717) is 29.2 Å². The van der Waals surface area contributed by atoms with Crippen LogP contribution in [0, 0.1) is 6.92 Å². The van der Waals surface area contributed by atoms with E-state index in [9.17, 15) is 18.0 Å². The molecule has 0 bridgehead atoms. The molecular formula is C17H23N5O5S. The minimum absolute atomic E-state index is 0.00948. The predicted molar refractivity (Wildman–Crippen MR) is 101 cm³/mol. The molecule has 1 aliphatic heterocycles. The van der Waals surface area contributed by atoms with E-state index in [1.807, 2.05) is 13.8 Å². The SMILES string of the molecule is Cc1cc(NC(=O)COC(=O)c2cn[nH]c2C(C)C)n(C2CCS(=O)(=O)C2)n1. The number of H-pyrrole nitrogens is 1. The third-order valence-electron chi connectivity index (χ3n) is 4.48. The number of nitrogens with one attached hydrogen (secondary N) is 2.